The molecule has 4 rings (SSSR count). The van der Waals surface area contributed by atoms with Crippen molar-refractivity contribution in [3.05, 3.63) is 93.6 Å². The Morgan fingerprint density at radius 3 is 2.53 bits per heavy atom. The zero-order valence-corrected chi connectivity index (χ0v) is 22.7. The number of ether oxygens (including phenoxy) is 3. The molecule has 2 aromatic heterocycles. The smallest absolute Gasteiger partial charge is 0.307 e. The van der Waals surface area contributed by atoms with Gasteiger partial charge in [0, 0.05) is 27.1 Å². The number of aromatic nitrogens is 1. The van der Waals surface area contributed by atoms with Crippen molar-refractivity contribution in [2.45, 2.75) is 20.5 Å². The van der Waals surface area contributed by atoms with Gasteiger partial charge in [0.2, 0.25) is 0 Å². The quantitative estimate of drug-likeness (QED) is 0.146. The third-order valence-corrected chi connectivity index (χ3v) is 6.03. The number of nitrogens with one attached hydrogen (secondary N) is 1. The van der Waals surface area contributed by atoms with E-state index in [1.54, 1.807) is 24.3 Å². The molecule has 0 saturated heterocycles. The van der Waals surface area contributed by atoms with Crippen LogP contribution in [0.2, 0.25) is 0 Å². The largest absolute Gasteiger partial charge is 0.493 e. The Labute approximate surface area is 229 Å². The van der Waals surface area contributed by atoms with Crippen LogP contribution in [0.25, 0.3) is 5.69 Å². The Hall–Kier alpha value is -4.42. The van der Waals surface area contributed by atoms with Crippen LogP contribution in [-0.4, -0.2) is 30.4 Å². The second kappa shape index (κ2) is 12.2. The van der Waals surface area contributed by atoms with Crippen LogP contribution in [0.3, 0.4) is 0 Å². The normalized spacial score (nSPS) is 10.8. The number of hydrogen-bond acceptors (Lipinski definition) is 6. The zero-order chi connectivity index (χ0) is 27.1. The van der Waals surface area contributed by atoms with Crippen LogP contribution < -0.4 is 19.6 Å². The van der Waals surface area contributed by atoms with Crippen molar-refractivity contribution in [1.82, 2.24) is 9.99 Å². The van der Waals surface area contributed by atoms with Gasteiger partial charge in [-0.3, -0.25) is 4.79 Å². The lowest BCUT2D eigenvalue weighted by atomic mass is 10.2. The summed E-state index contributed by atoms with van der Waals surface area (Å²) in [5.74, 6) is 4.08. The highest BCUT2D eigenvalue weighted by Crippen LogP contribution is 2.34. The summed E-state index contributed by atoms with van der Waals surface area (Å²) in [5, 5.41) is 4.02. The van der Waals surface area contributed by atoms with Gasteiger partial charge >= 0.3 is 5.91 Å². The van der Waals surface area contributed by atoms with Crippen LogP contribution >= 0.6 is 15.9 Å². The Kier molecular flexibility index (Phi) is 8.56. The predicted octanol–water partition coefficient (Wildman–Crippen LogP) is 5.81. The number of hydrogen-bond donors (Lipinski definition) is 1. The minimum Gasteiger partial charge on any atom is -0.493 e. The van der Waals surface area contributed by atoms with E-state index in [2.05, 4.69) is 62.9 Å². The van der Waals surface area contributed by atoms with Gasteiger partial charge < -0.3 is 23.2 Å². The number of nitrogens with zero attached hydrogens (tertiary/aromatic N) is 2. The number of carbonyl (C=O) groups is 1. The molecule has 0 radical (unpaired) electrons. The van der Waals surface area contributed by atoms with E-state index in [-0.39, 0.29) is 19.0 Å². The fourth-order valence-corrected chi connectivity index (χ4v) is 4.27. The second-order valence-electron chi connectivity index (χ2n) is 8.22. The predicted molar refractivity (Wildman–Crippen MR) is 148 cm³/mol. The molecular weight excluding hydrogens is 550 g/mol. The van der Waals surface area contributed by atoms with Crippen LogP contribution in [0, 0.1) is 26.2 Å². The topological polar surface area (TPSA) is 87.2 Å². The summed E-state index contributed by atoms with van der Waals surface area (Å²) in [6.07, 6.45) is 6.74. The van der Waals surface area contributed by atoms with Gasteiger partial charge in [0.15, 0.2) is 17.3 Å². The first kappa shape index (κ1) is 26.6. The van der Waals surface area contributed by atoms with E-state index in [9.17, 15) is 4.79 Å². The number of terminal acetylenes is 1. The summed E-state index contributed by atoms with van der Waals surface area (Å²) in [6, 6.07) is 18.7. The molecule has 2 heterocycles. The SMILES string of the molecule is C#CCOc1c(C=NNC(=O)c2ccc(COc3ccc(-n4c(C)ccc4C)cc3)o2)cc(Br)cc1OC. The maximum absolute atomic E-state index is 12.5. The molecule has 194 valence electrons. The van der Waals surface area contributed by atoms with E-state index < -0.39 is 5.91 Å². The molecule has 8 nitrogen and oxygen atoms in total. The van der Waals surface area contributed by atoms with Gasteiger partial charge in [0.1, 0.15) is 24.7 Å². The number of benzene rings is 2. The molecule has 0 atom stereocenters. The number of hydrazone groups is 1. The molecule has 0 fully saturated rings. The second-order valence-corrected chi connectivity index (χ2v) is 9.13. The third kappa shape index (κ3) is 6.28. The molecule has 1 N–H and O–H groups in total. The van der Waals surface area contributed by atoms with Crippen LogP contribution in [0.1, 0.15) is 33.3 Å². The van der Waals surface area contributed by atoms with E-state index in [1.165, 1.54) is 13.3 Å². The molecule has 1 amide bonds. The van der Waals surface area contributed by atoms with E-state index in [0.717, 1.165) is 21.5 Å². The molecular formula is C29H26BrN3O5. The fraction of sp³-hybridized carbons (Fsp3) is 0.172. The summed E-state index contributed by atoms with van der Waals surface area (Å²) in [4.78, 5) is 12.5. The summed E-state index contributed by atoms with van der Waals surface area (Å²) >= 11 is 3.41. The van der Waals surface area contributed by atoms with Crippen LogP contribution in [0.15, 0.2) is 74.7 Å². The highest BCUT2D eigenvalue weighted by atomic mass is 79.9. The lowest BCUT2D eigenvalue weighted by Crippen LogP contribution is -2.17. The summed E-state index contributed by atoms with van der Waals surface area (Å²) in [7, 11) is 1.52. The van der Waals surface area contributed by atoms with Gasteiger partial charge in [0.25, 0.3) is 0 Å². The van der Waals surface area contributed by atoms with Crippen LogP contribution in [0.4, 0.5) is 0 Å². The zero-order valence-electron chi connectivity index (χ0n) is 21.2. The first-order chi connectivity index (χ1) is 18.4. The van der Waals surface area contributed by atoms with Crippen molar-refractivity contribution in [2.24, 2.45) is 5.10 Å². The molecule has 38 heavy (non-hydrogen) atoms. The highest BCUT2D eigenvalue weighted by Gasteiger charge is 2.14. The van der Waals surface area contributed by atoms with Crippen LogP contribution in [-0.2, 0) is 6.61 Å². The Balaban J connectivity index is 1.35. The Morgan fingerprint density at radius 1 is 1.11 bits per heavy atom. The molecule has 4 aromatic rings. The third-order valence-electron chi connectivity index (χ3n) is 5.57. The Morgan fingerprint density at radius 2 is 1.84 bits per heavy atom. The van der Waals surface area contributed by atoms with Crippen molar-refractivity contribution in [3.63, 3.8) is 0 Å². The van der Waals surface area contributed by atoms with E-state index in [1.807, 2.05) is 24.3 Å². The molecule has 0 unspecified atom stereocenters. The number of rotatable bonds is 10. The van der Waals surface area contributed by atoms with Gasteiger partial charge in [-0.05, 0) is 74.5 Å². The maximum Gasteiger partial charge on any atom is 0.307 e. The first-order valence-corrected chi connectivity index (χ1v) is 12.4. The van der Waals surface area contributed by atoms with Gasteiger partial charge in [-0.25, -0.2) is 5.43 Å². The van der Waals surface area contributed by atoms with Gasteiger partial charge in [0.05, 0.1) is 13.3 Å². The summed E-state index contributed by atoms with van der Waals surface area (Å²) in [5.41, 5.74) is 6.40. The van der Waals surface area contributed by atoms with Gasteiger partial charge in [-0.15, -0.1) is 6.42 Å². The number of furan rings is 1. The molecule has 0 aliphatic heterocycles. The number of amides is 1. The van der Waals surface area contributed by atoms with Crippen molar-refractivity contribution in [3.8, 4) is 35.3 Å². The highest BCUT2D eigenvalue weighted by molar-refractivity contribution is 9.10. The first-order valence-electron chi connectivity index (χ1n) is 11.6. The maximum atomic E-state index is 12.5. The summed E-state index contributed by atoms with van der Waals surface area (Å²) in [6.45, 7) is 4.36. The molecule has 9 heteroatoms. The Bertz CT molecular complexity index is 1480. The lowest BCUT2D eigenvalue weighted by Gasteiger charge is -2.12. The molecule has 0 bridgehead atoms. The minimum absolute atomic E-state index is 0.0546. The molecule has 2 aromatic carbocycles. The number of methoxy groups -OCH3 is 1. The molecule has 0 aliphatic carbocycles. The van der Waals surface area contributed by atoms with Crippen molar-refractivity contribution >= 4 is 28.1 Å². The standard InChI is InChI=1S/C29H26BrN3O5/c1-5-14-36-28-21(15-22(30)16-27(28)35-4)17-31-32-29(34)26-13-12-25(38-26)18-37-24-10-8-23(9-11-24)33-19(2)6-7-20(33)3/h1,6-13,15-17H,14,18H2,2-4H3,(H,32,34). The number of halogens is 1. The fourth-order valence-electron chi connectivity index (χ4n) is 3.82. The average molecular weight is 576 g/mol. The number of carbonyl (C=O) groups excluding carboxylic acids is 1. The van der Waals surface area contributed by atoms with E-state index in [0.29, 0.717) is 28.6 Å². The van der Waals surface area contributed by atoms with Crippen molar-refractivity contribution in [2.75, 3.05) is 13.7 Å². The van der Waals surface area contributed by atoms with Crippen molar-refractivity contribution < 1.29 is 23.4 Å². The van der Waals surface area contributed by atoms with Gasteiger partial charge in [-0.2, -0.15) is 5.10 Å². The monoisotopic (exact) mass is 575 g/mol. The van der Waals surface area contributed by atoms with E-state index >= 15 is 0 Å². The molecule has 0 spiro atoms. The van der Waals surface area contributed by atoms with Crippen molar-refractivity contribution in [1.29, 1.82) is 0 Å². The summed E-state index contributed by atoms with van der Waals surface area (Å²) < 4.78 is 25.3. The average Bonchev–Trinajstić information content (AvgIpc) is 3.53. The van der Waals surface area contributed by atoms with E-state index in [4.69, 9.17) is 25.1 Å². The minimum atomic E-state index is -0.512. The lowest BCUT2D eigenvalue weighted by molar-refractivity contribution is 0.0923. The number of aryl methyl sites for hydroxylation is 2. The molecule has 0 aliphatic rings. The molecule has 0 saturated carbocycles. The van der Waals surface area contributed by atoms with Gasteiger partial charge in [-0.1, -0.05) is 21.9 Å². The van der Waals surface area contributed by atoms with Crippen LogP contribution in [0.5, 0.6) is 17.2 Å².